The van der Waals surface area contributed by atoms with Crippen molar-refractivity contribution in [2.45, 2.75) is 13.8 Å². The van der Waals surface area contributed by atoms with E-state index in [0.717, 1.165) is 0 Å². The highest BCUT2D eigenvalue weighted by atomic mass is 32.2. The Kier molecular flexibility index (Phi) is 13.6. The van der Waals surface area contributed by atoms with Gasteiger partial charge in [0.2, 0.25) is 0 Å². The number of rotatable bonds is 12. The molecule has 0 aliphatic rings. The minimum atomic E-state index is -1.38. The van der Waals surface area contributed by atoms with E-state index in [0.29, 0.717) is 0 Å². The molecule has 0 rings (SSSR count). The van der Waals surface area contributed by atoms with Crippen LogP contribution in [-0.4, -0.2) is 79.4 Å². The number of carbonyl (C=O) groups is 4. The van der Waals surface area contributed by atoms with E-state index in [1.807, 2.05) is 0 Å². The van der Waals surface area contributed by atoms with Gasteiger partial charge in [0.1, 0.15) is 26.3 Å². The second-order valence-corrected chi connectivity index (χ2v) is 6.13. The number of esters is 2. The first-order valence-corrected chi connectivity index (χ1v) is 9.35. The van der Waals surface area contributed by atoms with Gasteiger partial charge in [-0.2, -0.15) is 0 Å². The highest BCUT2D eigenvalue weighted by molar-refractivity contribution is 7.85. The Morgan fingerprint density at radius 3 is 1.46 bits per heavy atom. The second-order valence-electron chi connectivity index (χ2n) is 4.44. The van der Waals surface area contributed by atoms with Crippen molar-refractivity contribution in [3.05, 3.63) is 0 Å². The lowest BCUT2D eigenvalue weighted by molar-refractivity contribution is -0.142. The molecule has 0 atom stereocenters. The van der Waals surface area contributed by atoms with Crippen LogP contribution >= 0.6 is 0 Å². The maximum atomic E-state index is 11.6. The van der Waals surface area contributed by atoms with Gasteiger partial charge < -0.3 is 29.6 Å². The lowest BCUT2D eigenvalue weighted by Crippen LogP contribution is -2.32. The van der Waals surface area contributed by atoms with Crippen LogP contribution in [0.4, 0.5) is 9.59 Å². The van der Waals surface area contributed by atoms with Crippen LogP contribution in [0.5, 0.6) is 0 Å². The molecule has 0 fully saturated rings. The molecule has 0 unspecified atom stereocenters. The molecule has 12 heteroatoms. The zero-order chi connectivity index (χ0) is 19.8. The molecule has 0 aromatic rings. The third-order valence-electron chi connectivity index (χ3n) is 2.45. The van der Waals surface area contributed by atoms with Gasteiger partial charge in [-0.25, -0.2) is 9.59 Å². The molecule has 0 aromatic heterocycles. The first-order chi connectivity index (χ1) is 12.4. The van der Waals surface area contributed by atoms with E-state index in [2.05, 4.69) is 20.1 Å². The van der Waals surface area contributed by atoms with Crippen LogP contribution in [0.1, 0.15) is 13.8 Å². The van der Waals surface area contributed by atoms with E-state index in [1.54, 1.807) is 13.8 Å². The molecule has 0 saturated heterocycles. The zero-order valence-corrected chi connectivity index (χ0v) is 15.6. The van der Waals surface area contributed by atoms with Crippen LogP contribution in [0, 0.1) is 0 Å². The number of hydrogen-bond acceptors (Lipinski definition) is 9. The summed E-state index contributed by atoms with van der Waals surface area (Å²) in [5.74, 6) is -1.10. The van der Waals surface area contributed by atoms with Crippen molar-refractivity contribution in [3.8, 4) is 0 Å². The fraction of sp³-hybridized carbons (Fsp3) is 0.714. The van der Waals surface area contributed by atoms with Crippen LogP contribution in [0.25, 0.3) is 0 Å². The summed E-state index contributed by atoms with van der Waals surface area (Å²) < 4.78 is 30.3. The van der Waals surface area contributed by atoms with Crippen LogP contribution < -0.4 is 10.6 Å². The van der Waals surface area contributed by atoms with Crippen LogP contribution in [0.2, 0.25) is 0 Å². The van der Waals surface area contributed by atoms with Crippen molar-refractivity contribution in [1.82, 2.24) is 10.6 Å². The molecule has 150 valence electrons. The Morgan fingerprint density at radius 1 is 0.731 bits per heavy atom. The molecular weight excluding hydrogens is 372 g/mol. The second kappa shape index (κ2) is 14.9. The van der Waals surface area contributed by atoms with E-state index < -0.39 is 34.9 Å². The number of nitrogens with one attached hydrogen (secondary N) is 2. The van der Waals surface area contributed by atoms with E-state index in [-0.39, 0.29) is 51.0 Å². The molecule has 0 spiro atoms. The summed E-state index contributed by atoms with van der Waals surface area (Å²) in [6.45, 7) is 2.80. The predicted molar refractivity (Wildman–Crippen MR) is 89.8 cm³/mol. The number of hydrogen-bond donors (Lipinski definition) is 2. The minimum Gasteiger partial charge on any atom is -0.465 e. The van der Waals surface area contributed by atoms with E-state index in [4.69, 9.17) is 9.47 Å². The number of ether oxygens (including phenoxy) is 4. The maximum Gasteiger partial charge on any atom is 0.407 e. The molecule has 0 aliphatic heterocycles. The molecule has 2 amide bonds. The lowest BCUT2D eigenvalue weighted by Gasteiger charge is -2.08. The third kappa shape index (κ3) is 14.0. The normalized spacial score (nSPS) is 9.96. The van der Waals surface area contributed by atoms with Crippen LogP contribution in [0.3, 0.4) is 0 Å². The van der Waals surface area contributed by atoms with Crippen molar-refractivity contribution in [2.75, 3.05) is 51.0 Å². The topological polar surface area (TPSA) is 146 Å². The molecule has 0 bridgehead atoms. The van der Waals surface area contributed by atoms with Gasteiger partial charge in [0.05, 0.1) is 24.7 Å². The third-order valence-corrected chi connectivity index (χ3v) is 3.70. The number of carbonyl (C=O) groups excluding carboxylic acids is 4. The summed E-state index contributed by atoms with van der Waals surface area (Å²) in [6, 6.07) is 0. The van der Waals surface area contributed by atoms with Crippen molar-refractivity contribution in [2.24, 2.45) is 0 Å². The Bertz CT molecular complexity index is 457. The molecule has 0 radical (unpaired) electrons. The largest absolute Gasteiger partial charge is 0.465 e. The van der Waals surface area contributed by atoms with Crippen LogP contribution in [0.15, 0.2) is 0 Å². The van der Waals surface area contributed by atoms with Crippen LogP contribution in [-0.2, 0) is 39.3 Å². The van der Waals surface area contributed by atoms with E-state index in [1.165, 1.54) is 0 Å². The fourth-order valence-electron chi connectivity index (χ4n) is 1.37. The Balaban J connectivity index is 3.68. The molecule has 0 heterocycles. The summed E-state index contributed by atoms with van der Waals surface area (Å²) in [5, 5.41) is 4.36. The quantitative estimate of drug-likeness (QED) is 0.323. The summed E-state index contributed by atoms with van der Waals surface area (Å²) in [6.07, 6.45) is -1.66. The molecule has 2 N–H and O–H groups in total. The molecule has 11 nitrogen and oxygen atoms in total. The highest BCUT2D eigenvalue weighted by Crippen LogP contribution is 1.88. The van der Waals surface area contributed by atoms with Gasteiger partial charge in [-0.05, 0) is 13.8 Å². The molecule has 0 aromatic carbocycles. The summed E-state index contributed by atoms with van der Waals surface area (Å²) in [5.41, 5.74) is 0. The first-order valence-electron chi connectivity index (χ1n) is 7.86. The summed E-state index contributed by atoms with van der Waals surface area (Å²) in [7, 11) is -1.38. The predicted octanol–water partition coefficient (Wildman–Crippen LogP) is -0.686. The molecule has 0 aliphatic carbocycles. The molecular formula is C14H24N2O9S. The van der Waals surface area contributed by atoms with E-state index >= 15 is 0 Å². The summed E-state index contributed by atoms with van der Waals surface area (Å²) in [4.78, 5) is 44.5. The first kappa shape index (κ1) is 23.6. The Morgan fingerprint density at radius 2 is 1.12 bits per heavy atom. The number of alkyl carbamates (subject to hydrolysis) is 2. The SMILES string of the molecule is CCOC(=O)CNC(=O)OCCS(=O)CCOC(=O)NCC(=O)OCC. The van der Waals surface area contributed by atoms with Crippen molar-refractivity contribution >= 4 is 34.9 Å². The van der Waals surface area contributed by atoms with Gasteiger partial charge in [0, 0.05) is 10.8 Å². The average Bonchev–Trinajstić information content (AvgIpc) is 2.59. The van der Waals surface area contributed by atoms with Gasteiger partial charge in [-0.15, -0.1) is 0 Å². The Labute approximate surface area is 153 Å². The smallest absolute Gasteiger partial charge is 0.407 e. The fourth-order valence-corrected chi connectivity index (χ4v) is 2.11. The van der Waals surface area contributed by atoms with Gasteiger partial charge in [-0.3, -0.25) is 13.8 Å². The maximum absolute atomic E-state index is 11.6. The lowest BCUT2D eigenvalue weighted by atomic mass is 10.6. The van der Waals surface area contributed by atoms with Crippen molar-refractivity contribution in [1.29, 1.82) is 0 Å². The molecule has 0 saturated carbocycles. The summed E-state index contributed by atoms with van der Waals surface area (Å²) >= 11 is 0. The highest BCUT2D eigenvalue weighted by Gasteiger charge is 2.09. The Hall–Kier alpha value is -2.37. The van der Waals surface area contributed by atoms with Gasteiger partial charge in [-0.1, -0.05) is 0 Å². The van der Waals surface area contributed by atoms with Gasteiger partial charge in [0.15, 0.2) is 0 Å². The van der Waals surface area contributed by atoms with Crippen molar-refractivity contribution in [3.63, 3.8) is 0 Å². The minimum absolute atomic E-state index is 0.0423. The van der Waals surface area contributed by atoms with Gasteiger partial charge in [0.25, 0.3) is 0 Å². The molecule has 26 heavy (non-hydrogen) atoms. The van der Waals surface area contributed by atoms with E-state index in [9.17, 15) is 23.4 Å². The zero-order valence-electron chi connectivity index (χ0n) is 14.7. The number of amides is 2. The van der Waals surface area contributed by atoms with Crippen molar-refractivity contribution < 1.29 is 42.3 Å². The van der Waals surface area contributed by atoms with Gasteiger partial charge >= 0.3 is 24.1 Å². The monoisotopic (exact) mass is 396 g/mol. The standard InChI is InChI=1S/C14H24N2O9S/c1-3-22-11(17)9-15-13(19)24-5-7-26(21)8-6-25-14(20)16-10-12(18)23-4-2/h3-10H2,1-2H3,(H,15,19)(H,16,20). The average molecular weight is 396 g/mol.